The Labute approximate surface area is 126 Å². The van der Waals surface area contributed by atoms with E-state index in [4.69, 9.17) is 0 Å². The molecule has 0 aliphatic rings. The first-order valence-electron chi connectivity index (χ1n) is 6.51. The van der Waals surface area contributed by atoms with Crippen LogP contribution in [0, 0.1) is 11.6 Å². The Hall–Kier alpha value is -2.54. The van der Waals surface area contributed by atoms with Gasteiger partial charge in [-0.3, -0.25) is 4.98 Å². The van der Waals surface area contributed by atoms with Crippen LogP contribution in [0.15, 0.2) is 42.7 Å². The summed E-state index contributed by atoms with van der Waals surface area (Å²) in [6.45, 7) is 1.09. The van der Waals surface area contributed by atoms with Gasteiger partial charge in [0.05, 0.1) is 6.54 Å². The molecule has 0 radical (unpaired) electrons. The van der Waals surface area contributed by atoms with Gasteiger partial charge in [-0.25, -0.2) is 13.6 Å². The van der Waals surface area contributed by atoms with E-state index in [1.165, 1.54) is 19.3 Å². The van der Waals surface area contributed by atoms with E-state index in [0.29, 0.717) is 11.8 Å². The molecule has 5 nitrogen and oxygen atoms in total. The average Bonchev–Trinajstić information content (AvgIpc) is 2.46. The largest absolute Gasteiger partial charge is 0.383 e. The molecule has 1 unspecified atom stereocenters. The fraction of sp³-hybridized carbons (Fsp3) is 0.200. The first-order valence-corrected chi connectivity index (χ1v) is 6.51. The highest BCUT2D eigenvalue weighted by Crippen LogP contribution is 2.23. The fourth-order valence-corrected chi connectivity index (χ4v) is 1.88. The Morgan fingerprint density at radius 3 is 2.59 bits per heavy atom. The molecule has 2 amide bonds. The second-order valence-electron chi connectivity index (χ2n) is 4.94. The Morgan fingerprint density at radius 1 is 1.27 bits per heavy atom. The van der Waals surface area contributed by atoms with Gasteiger partial charge in [0.15, 0.2) is 0 Å². The minimum Gasteiger partial charge on any atom is -0.383 e. The number of aliphatic hydroxyl groups is 1. The summed E-state index contributed by atoms with van der Waals surface area (Å²) in [4.78, 5) is 15.5. The summed E-state index contributed by atoms with van der Waals surface area (Å²) in [5.74, 6) is -1.61. The molecule has 0 spiro atoms. The SMILES string of the molecule is CC(O)(CNC(=O)Nc1ccncc1)c1ccc(F)cc1F. The van der Waals surface area contributed by atoms with Crippen molar-refractivity contribution >= 4 is 11.7 Å². The summed E-state index contributed by atoms with van der Waals surface area (Å²) in [6.07, 6.45) is 3.03. The molecule has 1 atom stereocenters. The van der Waals surface area contributed by atoms with Crippen molar-refractivity contribution in [3.8, 4) is 0 Å². The maximum atomic E-state index is 13.7. The van der Waals surface area contributed by atoms with E-state index in [1.807, 2.05) is 0 Å². The number of benzene rings is 1. The fourth-order valence-electron chi connectivity index (χ4n) is 1.88. The van der Waals surface area contributed by atoms with Crippen LogP contribution in [-0.4, -0.2) is 22.7 Å². The summed E-state index contributed by atoms with van der Waals surface area (Å²) >= 11 is 0. The number of hydrogen-bond acceptors (Lipinski definition) is 3. The molecule has 0 fully saturated rings. The Bertz CT molecular complexity index is 663. The molecule has 1 heterocycles. The van der Waals surface area contributed by atoms with Crippen molar-refractivity contribution in [1.29, 1.82) is 0 Å². The van der Waals surface area contributed by atoms with E-state index >= 15 is 0 Å². The van der Waals surface area contributed by atoms with Gasteiger partial charge in [-0.1, -0.05) is 6.07 Å². The van der Waals surface area contributed by atoms with Crippen molar-refractivity contribution in [2.45, 2.75) is 12.5 Å². The van der Waals surface area contributed by atoms with Crippen LogP contribution in [0.5, 0.6) is 0 Å². The standard InChI is InChI=1S/C15H15F2N3O2/c1-15(22,12-3-2-10(16)8-13(12)17)9-19-14(21)20-11-4-6-18-7-5-11/h2-8,22H,9H2,1H3,(H2,18,19,20,21). The second kappa shape index (κ2) is 6.48. The lowest BCUT2D eigenvalue weighted by Crippen LogP contribution is -2.41. The minimum atomic E-state index is -1.67. The molecule has 0 bridgehead atoms. The van der Waals surface area contributed by atoms with E-state index in [2.05, 4.69) is 15.6 Å². The van der Waals surface area contributed by atoms with Crippen LogP contribution >= 0.6 is 0 Å². The summed E-state index contributed by atoms with van der Waals surface area (Å²) in [6, 6.07) is 5.50. The van der Waals surface area contributed by atoms with E-state index < -0.39 is 23.3 Å². The minimum absolute atomic E-state index is 0.0990. The molecule has 0 aliphatic heterocycles. The highest BCUT2D eigenvalue weighted by atomic mass is 19.1. The van der Waals surface area contributed by atoms with Gasteiger partial charge >= 0.3 is 6.03 Å². The van der Waals surface area contributed by atoms with Crippen molar-refractivity contribution in [1.82, 2.24) is 10.3 Å². The second-order valence-corrected chi connectivity index (χ2v) is 4.94. The first-order chi connectivity index (χ1) is 10.4. The number of anilines is 1. The normalized spacial score (nSPS) is 13.3. The van der Waals surface area contributed by atoms with Gasteiger partial charge < -0.3 is 15.7 Å². The Kier molecular flexibility index (Phi) is 4.67. The molecule has 1 aromatic carbocycles. The zero-order valence-electron chi connectivity index (χ0n) is 11.8. The lowest BCUT2D eigenvalue weighted by Gasteiger charge is -2.24. The lowest BCUT2D eigenvalue weighted by atomic mass is 9.95. The third-order valence-corrected chi connectivity index (χ3v) is 3.04. The number of carbonyl (C=O) groups excluding carboxylic acids is 1. The van der Waals surface area contributed by atoms with E-state index in [9.17, 15) is 18.7 Å². The van der Waals surface area contributed by atoms with Crippen molar-refractivity contribution in [2.24, 2.45) is 0 Å². The van der Waals surface area contributed by atoms with Gasteiger partial charge in [0.1, 0.15) is 17.2 Å². The maximum absolute atomic E-state index is 13.7. The third kappa shape index (κ3) is 3.98. The van der Waals surface area contributed by atoms with Crippen molar-refractivity contribution < 1.29 is 18.7 Å². The van der Waals surface area contributed by atoms with Crippen LogP contribution in [0.2, 0.25) is 0 Å². The number of pyridine rings is 1. The summed E-state index contributed by atoms with van der Waals surface area (Å²) in [5.41, 5.74) is -1.24. The molecular formula is C15H15F2N3O2. The van der Waals surface area contributed by atoms with Crippen molar-refractivity contribution in [2.75, 3.05) is 11.9 Å². The quantitative estimate of drug-likeness (QED) is 0.812. The van der Waals surface area contributed by atoms with Gasteiger partial charge in [-0.05, 0) is 25.1 Å². The average molecular weight is 307 g/mol. The molecule has 0 saturated carbocycles. The summed E-state index contributed by atoms with van der Waals surface area (Å²) in [7, 11) is 0. The van der Waals surface area contributed by atoms with Crippen molar-refractivity contribution in [3.63, 3.8) is 0 Å². The third-order valence-electron chi connectivity index (χ3n) is 3.04. The summed E-state index contributed by atoms with van der Waals surface area (Å²) in [5, 5.41) is 15.2. The zero-order valence-corrected chi connectivity index (χ0v) is 11.8. The maximum Gasteiger partial charge on any atom is 0.319 e. The molecule has 1 aromatic heterocycles. The van der Waals surface area contributed by atoms with Crippen LogP contribution in [0.3, 0.4) is 0 Å². The van der Waals surface area contributed by atoms with E-state index in [0.717, 1.165) is 12.1 Å². The number of nitrogens with zero attached hydrogens (tertiary/aromatic N) is 1. The first kappa shape index (κ1) is 15.8. The number of rotatable bonds is 4. The highest BCUT2D eigenvalue weighted by molar-refractivity contribution is 5.89. The van der Waals surface area contributed by atoms with Gasteiger partial charge in [-0.2, -0.15) is 0 Å². The molecule has 22 heavy (non-hydrogen) atoms. The van der Waals surface area contributed by atoms with Gasteiger partial charge in [0.25, 0.3) is 0 Å². The van der Waals surface area contributed by atoms with Crippen LogP contribution in [-0.2, 0) is 5.60 Å². The monoisotopic (exact) mass is 307 g/mol. The van der Waals surface area contributed by atoms with Crippen LogP contribution in [0.1, 0.15) is 12.5 Å². The van der Waals surface area contributed by atoms with Crippen LogP contribution < -0.4 is 10.6 Å². The number of amides is 2. The molecular weight excluding hydrogens is 292 g/mol. The summed E-state index contributed by atoms with van der Waals surface area (Å²) < 4.78 is 26.6. The zero-order chi connectivity index (χ0) is 16.2. The number of hydrogen-bond donors (Lipinski definition) is 3. The highest BCUT2D eigenvalue weighted by Gasteiger charge is 2.27. The van der Waals surface area contributed by atoms with Gasteiger partial charge in [0.2, 0.25) is 0 Å². The Morgan fingerprint density at radius 2 is 1.95 bits per heavy atom. The van der Waals surface area contributed by atoms with Crippen LogP contribution in [0.25, 0.3) is 0 Å². The number of halogens is 2. The van der Waals surface area contributed by atoms with Crippen LogP contribution in [0.4, 0.5) is 19.3 Å². The van der Waals surface area contributed by atoms with Gasteiger partial charge in [0, 0.05) is 29.7 Å². The predicted molar refractivity (Wildman–Crippen MR) is 77.2 cm³/mol. The predicted octanol–water partition coefficient (Wildman–Crippen LogP) is 2.39. The number of nitrogens with one attached hydrogen (secondary N) is 2. The molecule has 0 aliphatic carbocycles. The van der Waals surface area contributed by atoms with E-state index in [1.54, 1.807) is 12.1 Å². The number of aromatic nitrogens is 1. The molecule has 0 saturated heterocycles. The number of carbonyl (C=O) groups is 1. The van der Waals surface area contributed by atoms with Gasteiger partial charge in [-0.15, -0.1) is 0 Å². The lowest BCUT2D eigenvalue weighted by molar-refractivity contribution is 0.0561. The topological polar surface area (TPSA) is 74.2 Å². The molecule has 3 N–H and O–H groups in total. The molecule has 2 rings (SSSR count). The smallest absolute Gasteiger partial charge is 0.319 e. The molecule has 116 valence electrons. The number of urea groups is 1. The molecule has 2 aromatic rings. The van der Waals surface area contributed by atoms with E-state index in [-0.39, 0.29) is 12.1 Å². The Balaban J connectivity index is 1.98. The van der Waals surface area contributed by atoms with Crippen molar-refractivity contribution in [3.05, 3.63) is 59.9 Å². The molecule has 7 heteroatoms.